The molecule has 56 valence electrons. The van der Waals surface area contributed by atoms with Crippen molar-refractivity contribution in [1.82, 2.24) is 10.2 Å². The molecule has 0 amide bonds. The summed E-state index contributed by atoms with van der Waals surface area (Å²) in [6.07, 6.45) is 0. The van der Waals surface area contributed by atoms with E-state index in [0.29, 0.717) is 4.60 Å². The van der Waals surface area contributed by atoms with Crippen LogP contribution in [-0.2, 0) is 0 Å². The minimum atomic E-state index is -2.82. The fraction of sp³-hybridized carbons (Fsp3) is 0.250. The number of ether oxygens (including phenoxy) is 1. The van der Waals surface area contributed by atoms with E-state index in [2.05, 4.69) is 30.9 Å². The van der Waals surface area contributed by atoms with Crippen LogP contribution in [0.3, 0.4) is 0 Å². The molecule has 0 unspecified atom stereocenters. The lowest BCUT2D eigenvalue weighted by Crippen LogP contribution is -2.01. The standard InChI is InChI=1S/C4H3BrF2N2O/c5-2-1-3(9-8-2)10-4(6)7/h1,4H,(H,8,9). The molecule has 0 aromatic carbocycles. The molecule has 0 radical (unpaired) electrons. The molecule has 0 fully saturated rings. The van der Waals surface area contributed by atoms with Crippen molar-refractivity contribution in [1.29, 1.82) is 0 Å². The van der Waals surface area contributed by atoms with Crippen molar-refractivity contribution in [2.45, 2.75) is 6.61 Å². The highest BCUT2D eigenvalue weighted by Crippen LogP contribution is 2.14. The molecule has 1 heterocycles. The maximum atomic E-state index is 11.4. The number of aromatic nitrogens is 2. The molecule has 0 saturated carbocycles. The third-order valence-electron chi connectivity index (χ3n) is 0.733. The summed E-state index contributed by atoms with van der Waals surface area (Å²) in [5.74, 6) is -0.123. The van der Waals surface area contributed by atoms with Crippen LogP contribution < -0.4 is 4.74 Å². The summed E-state index contributed by atoms with van der Waals surface area (Å²) in [7, 11) is 0. The van der Waals surface area contributed by atoms with E-state index in [0.717, 1.165) is 0 Å². The predicted molar refractivity (Wildman–Crippen MR) is 32.9 cm³/mol. The highest BCUT2D eigenvalue weighted by molar-refractivity contribution is 9.10. The largest absolute Gasteiger partial charge is 0.415 e. The van der Waals surface area contributed by atoms with Crippen molar-refractivity contribution in [3.8, 4) is 5.88 Å². The monoisotopic (exact) mass is 212 g/mol. The quantitative estimate of drug-likeness (QED) is 0.812. The van der Waals surface area contributed by atoms with Gasteiger partial charge in [0.05, 0.1) is 0 Å². The summed E-state index contributed by atoms with van der Waals surface area (Å²) in [6, 6.07) is 1.31. The molecule has 0 aliphatic carbocycles. The summed E-state index contributed by atoms with van der Waals surface area (Å²) in [5.41, 5.74) is 0. The van der Waals surface area contributed by atoms with Gasteiger partial charge in [-0.05, 0) is 15.9 Å². The number of alkyl halides is 2. The first-order valence-corrected chi connectivity index (χ1v) is 3.13. The lowest BCUT2D eigenvalue weighted by molar-refractivity contribution is -0.0528. The minimum Gasteiger partial charge on any atom is -0.415 e. The number of halogens is 3. The van der Waals surface area contributed by atoms with Gasteiger partial charge in [0.1, 0.15) is 4.60 Å². The zero-order chi connectivity index (χ0) is 7.56. The van der Waals surface area contributed by atoms with E-state index in [9.17, 15) is 8.78 Å². The first kappa shape index (κ1) is 7.46. The lowest BCUT2D eigenvalue weighted by Gasteiger charge is -1.96. The molecule has 6 heteroatoms. The molecule has 0 aliphatic rings. The van der Waals surface area contributed by atoms with Gasteiger partial charge in [-0.25, -0.2) is 0 Å². The zero-order valence-electron chi connectivity index (χ0n) is 4.64. The molecule has 3 nitrogen and oxygen atoms in total. The number of H-pyrrole nitrogens is 1. The predicted octanol–water partition coefficient (Wildman–Crippen LogP) is 1.77. The molecule has 1 rings (SSSR count). The van der Waals surface area contributed by atoms with Gasteiger partial charge >= 0.3 is 6.61 Å². The van der Waals surface area contributed by atoms with Crippen LogP contribution in [0.15, 0.2) is 10.7 Å². The third-order valence-corrected chi connectivity index (χ3v) is 1.14. The van der Waals surface area contributed by atoms with Gasteiger partial charge in [-0.3, -0.25) is 5.10 Å². The molecule has 0 saturated heterocycles. The Hall–Kier alpha value is -0.650. The minimum absolute atomic E-state index is 0.123. The molecule has 0 spiro atoms. The Bertz CT molecular complexity index is 215. The first-order chi connectivity index (χ1) is 4.68. The van der Waals surface area contributed by atoms with E-state index >= 15 is 0 Å². The average molecular weight is 213 g/mol. The Morgan fingerprint density at radius 3 is 2.80 bits per heavy atom. The molecule has 1 aromatic rings. The van der Waals surface area contributed by atoms with Crippen molar-refractivity contribution < 1.29 is 13.5 Å². The van der Waals surface area contributed by atoms with Gasteiger partial charge in [-0.15, -0.1) is 5.10 Å². The fourth-order valence-electron chi connectivity index (χ4n) is 0.433. The van der Waals surface area contributed by atoms with Crippen molar-refractivity contribution in [3.05, 3.63) is 10.7 Å². The van der Waals surface area contributed by atoms with Gasteiger partial charge < -0.3 is 4.74 Å². The van der Waals surface area contributed by atoms with Gasteiger partial charge in [0.15, 0.2) is 0 Å². The normalized spacial score (nSPS) is 10.4. The second-order valence-corrected chi connectivity index (χ2v) is 2.29. The van der Waals surface area contributed by atoms with E-state index < -0.39 is 6.61 Å². The van der Waals surface area contributed by atoms with Crippen molar-refractivity contribution >= 4 is 15.9 Å². The van der Waals surface area contributed by atoms with Gasteiger partial charge in [0.25, 0.3) is 0 Å². The molecular formula is C4H3BrF2N2O. The maximum Gasteiger partial charge on any atom is 0.388 e. The molecule has 0 atom stereocenters. The van der Waals surface area contributed by atoms with E-state index in [-0.39, 0.29) is 5.88 Å². The molecule has 0 bridgehead atoms. The van der Waals surface area contributed by atoms with Crippen LogP contribution in [0.25, 0.3) is 0 Å². The zero-order valence-corrected chi connectivity index (χ0v) is 6.23. The molecule has 10 heavy (non-hydrogen) atoms. The van der Waals surface area contributed by atoms with Gasteiger partial charge in [0.2, 0.25) is 5.88 Å². The fourth-order valence-corrected chi connectivity index (χ4v) is 0.718. The lowest BCUT2D eigenvalue weighted by atomic mass is 10.7. The second kappa shape index (κ2) is 2.96. The molecule has 0 aliphatic heterocycles. The highest BCUT2D eigenvalue weighted by atomic mass is 79.9. The topological polar surface area (TPSA) is 37.9 Å². The van der Waals surface area contributed by atoms with E-state index in [1.807, 2.05) is 0 Å². The van der Waals surface area contributed by atoms with Crippen molar-refractivity contribution in [2.24, 2.45) is 0 Å². The van der Waals surface area contributed by atoms with Crippen LogP contribution >= 0.6 is 15.9 Å². The maximum absolute atomic E-state index is 11.4. The smallest absolute Gasteiger partial charge is 0.388 e. The van der Waals surface area contributed by atoms with Crippen LogP contribution in [0.2, 0.25) is 0 Å². The number of hydrogen-bond acceptors (Lipinski definition) is 2. The highest BCUT2D eigenvalue weighted by Gasteiger charge is 2.06. The van der Waals surface area contributed by atoms with Crippen LogP contribution in [0, 0.1) is 0 Å². The van der Waals surface area contributed by atoms with Crippen LogP contribution in [0.1, 0.15) is 0 Å². The van der Waals surface area contributed by atoms with Gasteiger partial charge in [0, 0.05) is 6.07 Å². The summed E-state index contributed by atoms with van der Waals surface area (Å²) >= 11 is 2.98. The first-order valence-electron chi connectivity index (χ1n) is 2.34. The Labute approximate surface area is 63.5 Å². The Morgan fingerprint density at radius 1 is 1.70 bits per heavy atom. The Kier molecular flexibility index (Phi) is 2.21. The van der Waals surface area contributed by atoms with E-state index in [1.54, 1.807) is 0 Å². The average Bonchev–Trinajstić information content (AvgIpc) is 2.13. The van der Waals surface area contributed by atoms with Crippen LogP contribution in [0.4, 0.5) is 8.78 Å². The Morgan fingerprint density at radius 2 is 2.40 bits per heavy atom. The summed E-state index contributed by atoms with van der Waals surface area (Å²) < 4.78 is 27.3. The number of rotatable bonds is 2. The van der Waals surface area contributed by atoms with Gasteiger partial charge in [-0.2, -0.15) is 8.78 Å². The summed E-state index contributed by atoms with van der Waals surface area (Å²) in [4.78, 5) is 0. The van der Waals surface area contributed by atoms with Crippen LogP contribution in [0.5, 0.6) is 5.88 Å². The van der Waals surface area contributed by atoms with Crippen molar-refractivity contribution in [3.63, 3.8) is 0 Å². The number of nitrogens with zero attached hydrogens (tertiary/aromatic N) is 1. The van der Waals surface area contributed by atoms with Crippen molar-refractivity contribution in [2.75, 3.05) is 0 Å². The molecule has 1 aromatic heterocycles. The van der Waals surface area contributed by atoms with E-state index in [1.165, 1.54) is 6.07 Å². The molecule has 1 N–H and O–H groups in total. The molecular weight excluding hydrogens is 210 g/mol. The third kappa shape index (κ3) is 1.94. The number of aromatic amines is 1. The summed E-state index contributed by atoms with van der Waals surface area (Å²) in [5, 5.41) is 5.76. The van der Waals surface area contributed by atoms with Gasteiger partial charge in [-0.1, -0.05) is 0 Å². The SMILES string of the molecule is FC(F)Oc1cc(Br)[nH]n1. The second-order valence-electron chi connectivity index (χ2n) is 1.43. The Balaban J connectivity index is 2.58. The number of nitrogens with one attached hydrogen (secondary N) is 1. The van der Waals surface area contributed by atoms with Crippen LogP contribution in [-0.4, -0.2) is 16.8 Å². The van der Waals surface area contributed by atoms with E-state index in [4.69, 9.17) is 0 Å². The number of hydrogen-bond donors (Lipinski definition) is 1. The summed E-state index contributed by atoms with van der Waals surface area (Å²) in [6.45, 7) is -2.82.